The van der Waals surface area contributed by atoms with Crippen molar-refractivity contribution in [1.29, 1.82) is 0 Å². The fourth-order valence-corrected chi connectivity index (χ4v) is 3.86. The van der Waals surface area contributed by atoms with Crippen LogP contribution in [0.3, 0.4) is 0 Å². The number of halogens is 1. The number of benzene rings is 1. The molecule has 0 aliphatic heterocycles. The lowest BCUT2D eigenvalue weighted by Gasteiger charge is -2.21. The first kappa shape index (κ1) is 18.7. The monoisotopic (exact) mass is 390 g/mol. The largest absolute Gasteiger partial charge is 0.497 e. The Labute approximate surface area is 163 Å². The maximum absolute atomic E-state index is 6.43. The molecule has 0 aliphatic carbocycles. The molecule has 3 aromatic rings. The van der Waals surface area contributed by atoms with Crippen LogP contribution in [0.2, 0.25) is 5.02 Å². The molecule has 1 aromatic carbocycles. The van der Waals surface area contributed by atoms with Gasteiger partial charge in [0.1, 0.15) is 11.6 Å². The molecule has 0 amide bonds. The molecule has 0 radical (unpaired) electrons. The van der Waals surface area contributed by atoms with Gasteiger partial charge in [-0.3, -0.25) is 0 Å². The lowest BCUT2D eigenvalue weighted by atomic mass is 10.2. The molecule has 26 heavy (non-hydrogen) atoms. The van der Waals surface area contributed by atoms with Crippen LogP contribution in [0.25, 0.3) is 10.2 Å². The SMILES string of the molecule is CCC(CC)Nc1nc(N(C)c2ccc(OC)cc2Cl)nc2ccsc12. The Morgan fingerprint density at radius 2 is 2.00 bits per heavy atom. The first-order valence-electron chi connectivity index (χ1n) is 8.66. The summed E-state index contributed by atoms with van der Waals surface area (Å²) in [4.78, 5) is 11.4. The maximum Gasteiger partial charge on any atom is 0.232 e. The minimum Gasteiger partial charge on any atom is -0.497 e. The van der Waals surface area contributed by atoms with E-state index in [4.69, 9.17) is 26.3 Å². The van der Waals surface area contributed by atoms with Gasteiger partial charge < -0.3 is 15.0 Å². The van der Waals surface area contributed by atoms with Crippen molar-refractivity contribution in [2.75, 3.05) is 24.4 Å². The van der Waals surface area contributed by atoms with Gasteiger partial charge in [0.15, 0.2) is 0 Å². The maximum atomic E-state index is 6.43. The summed E-state index contributed by atoms with van der Waals surface area (Å²) in [5.74, 6) is 2.21. The molecule has 0 fully saturated rings. The molecule has 0 atom stereocenters. The number of aromatic nitrogens is 2. The summed E-state index contributed by atoms with van der Waals surface area (Å²) in [5, 5.41) is 6.20. The average Bonchev–Trinajstić information content (AvgIpc) is 3.14. The van der Waals surface area contributed by atoms with E-state index in [0.29, 0.717) is 17.0 Å². The quantitative estimate of drug-likeness (QED) is 0.558. The summed E-state index contributed by atoms with van der Waals surface area (Å²) in [6.45, 7) is 4.36. The molecule has 2 aromatic heterocycles. The summed E-state index contributed by atoms with van der Waals surface area (Å²) >= 11 is 8.08. The minimum atomic E-state index is 0.387. The second-order valence-corrected chi connectivity index (χ2v) is 7.36. The van der Waals surface area contributed by atoms with E-state index in [1.54, 1.807) is 24.5 Å². The van der Waals surface area contributed by atoms with Crippen LogP contribution in [0.15, 0.2) is 29.6 Å². The van der Waals surface area contributed by atoms with Crippen LogP contribution in [0.5, 0.6) is 5.75 Å². The van der Waals surface area contributed by atoms with Gasteiger partial charge in [-0.15, -0.1) is 11.3 Å². The molecule has 138 valence electrons. The highest BCUT2D eigenvalue weighted by Crippen LogP contribution is 2.35. The predicted molar refractivity (Wildman–Crippen MR) is 111 cm³/mol. The molecule has 0 spiro atoms. The predicted octanol–water partition coefficient (Wildman–Crippen LogP) is 5.72. The second kappa shape index (κ2) is 8.10. The van der Waals surface area contributed by atoms with Crippen LogP contribution in [-0.4, -0.2) is 30.2 Å². The van der Waals surface area contributed by atoms with Crippen molar-refractivity contribution < 1.29 is 4.74 Å². The molecule has 0 aliphatic rings. The van der Waals surface area contributed by atoms with E-state index in [0.717, 1.165) is 40.3 Å². The van der Waals surface area contributed by atoms with Crippen LogP contribution < -0.4 is 15.0 Å². The number of hydrogen-bond donors (Lipinski definition) is 1. The van der Waals surface area contributed by atoms with E-state index in [9.17, 15) is 0 Å². The fraction of sp³-hybridized carbons (Fsp3) is 0.368. The van der Waals surface area contributed by atoms with E-state index < -0.39 is 0 Å². The van der Waals surface area contributed by atoms with Crippen LogP contribution in [0.4, 0.5) is 17.5 Å². The number of fused-ring (bicyclic) bond motifs is 1. The van der Waals surface area contributed by atoms with Gasteiger partial charge in [0, 0.05) is 19.2 Å². The Hall–Kier alpha value is -2.05. The molecule has 0 saturated carbocycles. The molecule has 3 rings (SSSR count). The summed E-state index contributed by atoms with van der Waals surface area (Å²) in [7, 11) is 3.54. The standard InChI is InChI=1S/C19H23ClN4OS/c1-5-12(6-2)21-18-17-15(9-10-26-17)22-19(23-18)24(3)16-8-7-13(25-4)11-14(16)20/h7-12H,5-6H2,1-4H3,(H,21,22,23). The van der Waals surface area contributed by atoms with Crippen molar-refractivity contribution in [3.63, 3.8) is 0 Å². The smallest absolute Gasteiger partial charge is 0.232 e. The Balaban J connectivity index is 2.01. The van der Waals surface area contributed by atoms with E-state index in [1.807, 2.05) is 35.5 Å². The first-order chi connectivity index (χ1) is 12.6. The third-order valence-electron chi connectivity index (χ3n) is 4.43. The van der Waals surface area contributed by atoms with Gasteiger partial charge in [0.25, 0.3) is 0 Å². The van der Waals surface area contributed by atoms with Gasteiger partial charge >= 0.3 is 0 Å². The van der Waals surface area contributed by atoms with Crippen LogP contribution in [0, 0.1) is 0 Å². The molecule has 0 bridgehead atoms. The van der Waals surface area contributed by atoms with Crippen molar-refractivity contribution in [2.45, 2.75) is 32.7 Å². The van der Waals surface area contributed by atoms with Gasteiger partial charge in [-0.2, -0.15) is 4.98 Å². The van der Waals surface area contributed by atoms with Crippen molar-refractivity contribution >= 4 is 50.6 Å². The fourth-order valence-electron chi connectivity index (χ4n) is 2.78. The van der Waals surface area contributed by atoms with Gasteiger partial charge in [-0.1, -0.05) is 25.4 Å². The van der Waals surface area contributed by atoms with Crippen LogP contribution in [0.1, 0.15) is 26.7 Å². The molecule has 7 heteroatoms. The van der Waals surface area contributed by atoms with Crippen LogP contribution in [-0.2, 0) is 0 Å². The molecule has 1 N–H and O–H groups in total. The third-order valence-corrected chi connectivity index (χ3v) is 5.65. The second-order valence-electron chi connectivity index (χ2n) is 6.04. The topological polar surface area (TPSA) is 50.3 Å². The highest BCUT2D eigenvalue weighted by atomic mass is 35.5. The molecule has 2 heterocycles. The van der Waals surface area contributed by atoms with Crippen molar-refractivity contribution in [1.82, 2.24) is 9.97 Å². The lowest BCUT2D eigenvalue weighted by molar-refractivity contribution is 0.415. The van der Waals surface area contributed by atoms with E-state index in [2.05, 4.69) is 19.2 Å². The zero-order chi connectivity index (χ0) is 18.7. The summed E-state index contributed by atoms with van der Waals surface area (Å²) in [5.41, 5.74) is 1.76. The highest BCUT2D eigenvalue weighted by molar-refractivity contribution is 7.17. The third kappa shape index (κ3) is 3.71. The number of hydrogen-bond acceptors (Lipinski definition) is 6. The zero-order valence-electron chi connectivity index (χ0n) is 15.4. The van der Waals surface area contributed by atoms with Gasteiger partial charge in [-0.25, -0.2) is 4.98 Å². The van der Waals surface area contributed by atoms with Crippen molar-refractivity contribution in [2.24, 2.45) is 0 Å². The molecule has 5 nitrogen and oxygen atoms in total. The molecule has 0 saturated heterocycles. The normalized spacial score (nSPS) is 11.2. The van der Waals surface area contributed by atoms with E-state index >= 15 is 0 Å². The van der Waals surface area contributed by atoms with E-state index in [-0.39, 0.29) is 0 Å². The Morgan fingerprint density at radius 1 is 1.23 bits per heavy atom. The summed E-state index contributed by atoms with van der Waals surface area (Å²) in [6, 6.07) is 7.99. The van der Waals surface area contributed by atoms with Gasteiger partial charge in [-0.05, 0) is 36.4 Å². The van der Waals surface area contributed by atoms with Crippen LogP contribution >= 0.6 is 22.9 Å². The molecular formula is C19H23ClN4OS. The number of methoxy groups -OCH3 is 1. The molecule has 0 unspecified atom stereocenters. The number of ether oxygens (including phenoxy) is 1. The number of rotatable bonds is 7. The minimum absolute atomic E-state index is 0.387. The van der Waals surface area contributed by atoms with E-state index in [1.165, 1.54) is 0 Å². The number of anilines is 3. The van der Waals surface area contributed by atoms with Gasteiger partial charge in [0.2, 0.25) is 5.95 Å². The number of thiophene rings is 1. The summed E-state index contributed by atoms with van der Waals surface area (Å²) < 4.78 is 6.31. The first-order valence-corrected chi connectivity index (χ1v) is 9.92. The van der Waals surface area contributed by atoms with Crippen molar-refractivity contribution in [3.05, 3.63) is 34.7 Å². The number of nitrogens with one attached hydrogen (secondary N) is 1. The summed E-state index contributed by atoms with van der Waals surface area (Å²) in [6.07, 6.45) is 2.09. The highest BCUT2D eigenvalue weighted by Gasteiger charge is 2.17. The Morgan fingerprint density at radius 3 is 2.65 bits per heavy atom. The molecular weight excluding hydrogens is 368 g/mol. The Bertz CT molecular complexity index is 894. The lowest BCUT2D eigenvalue weighted by Crippen LogP contribution is -2.20. The average molecular weight is 391 g/mol. The zero-order valence-corrected chi connectivity index (χ0v) is 17.0. The van der Waals surface area contributed by atoms with Gasteiger partial charge in [0.05, 0.1) is 28.0 Å². The number of nitrogens with zero attached hydrogens (tertiary/aromatic N) is 3. The Kier molecular flexibility index (Phi) is 5.84. The van der Waals surface area contributed by atoms with Crippen molar-refractivity contribution in [3.8, 4) is 5.75 Å².